The maximum atomic E-state index is 14.0. The van der Waals surface area contributed by atoms with E-state index in [1.54, 1.807) is 17.0 Å². The molecule has 1 fully saturated rings. The number of nitrogens with one attached hydrogen (secondary N) is 1. The number of likely N-dealkylation sites (tertiary alicyclic amines) is 1. The lowest BCUT2D eigenvalue weighted by atomic mass is 10.1. The fourth-order valence-electron chi connectivity index (χ4n) is 3.10. The van der Waals surface area contributed by atoms with E-state index in [2.05, 4.69) is 10.3 Å². The Labute approximate surface area is 145 Å². The van der Waals surface area contributed by atoms with Crippen LogP contribution in [0.25, 0.3) is 0 Å². The number of halogens is 1. The van der Waals surface area contributed by atoms with Gasteiger partial charge in [0.1, 0.15) is 5.82 Å². The lowest BCUT2D eigenvalue weighted by Crippen LogP contribution is -2.31. The van der Waals surface area contributed by atoms with Gasteiger partial charge < -0.3 is 10.2 Å². The van der Waals surface area contributed by atoms with Crippen molar-refractivity contribution in [2.75, 3.05) is 6.54 Å². The van der Waals surface area contributed by atoms with Crippen molar-refractivity contribution in [1.82, 2.24) is 15.2 Å². The molecular weight excluding hydrogens is 321 g/mol. The summed E-state index contributed by atoms with van der Waals surface area (Å²) < 4.78 is 14.0. The number of hydrogen-bond acceptors (Lipinski definition) is 3. The summed E-state index contributed by atoms with van der Waals surface area (Å²) in [6.45, 7) is 2.38. The number of carbonyl (C=O) groups is 2. The van der Waals surface area contributed by atoms with Crippen LogP contribution in [0.1, 0.15) is 47.6 Å². The van der Waals surface area contributed by atoms with Crippen molar-refractivity contribution in [1.29, 1.82) is 0 Å². The van der Waals surface area contributed by atoms with E-state index in [1.165, 1.54) is 19.1 Å². The van der Waals surface area contributed by atoms with Crippen LogP contribution in [0.2, 0.25) is 0 Å². The number of nitrogens with zero attached hydrogens (tertiary/aromatic N) is 2. The standard InChI is InChI=1S/C19H20FN3O2/c1-13(24)21-12-14-6-4-9-17(22-14)18-10-5-11-23(18)19(25)15-7-2-3-8-16(15)20/h2-4,6-9,18H,5,10-12H2,1H3,(H,21,24)/t18-/m0/s1. The molecule has 0 bridgehead atoms. The molecule has 2 aromatic rings. The summed E-state index contributed by atoms with van der Waals surface area (Å²) >= 11 is 0. The monoisotopic (exact) mass is 341 g/mol. The number of aromatic nitrogens is 1. The molecule has 0 saturated carbocycles. The predicted molar refractivity (Wildman–Crippen MR) is 91.2 cm³/mol. The minimum atomic E-state index is -0.509. The van der Waals surface area contributed by atoms with Gasteiger partial charge in [0.05, 0.1) is 29.5 Å². The first kappa shape index (κ1) is 17.1. The molecule has 0 radical (unpaired) electrons. The molecule has 2 amide bonds. The van der Waals surface area contributed by atoms with E-state index >= 15 is 0 Å². The van der Waals surface area contributed by atoms with Gasteiger partial charge in [0.15, 0.2) is 0 Å². The normalized spacial score (nSPS) is 16.7. The van der Waals surface area contributed by atoms with Crippen molar-refractivity contribution in [3.8, 4) is 0 Å². The average molecular weight is 341 g/mol. The third-order valence-electron chi connectivity index (χ3n) is 4.31. The molecule has 0 spiro atoms. The van der Waals surface area contributed by atoms with Crippen LogP contribution in [-0.2, 0) is 11.3 Å². The Kier molecular flexibility index (Phi) is 5.07. The fraction of sp³-hybridized carbons (Fsp3) is 0.316. The molecule has 130 valence electrons. The number of hydrogen-bond donors (Lipinski definition) is 1. The van der Waals surface area contributed by atoms with Crippen molar-refractivity contribution >= 4 is 11.8 Å². The summed E-state index contributed by atoms with van der Waals surface area (Å²) in [5.74, 6) is -0.940. The van der Waals surface area contributed by atoms with Gasteiger partial charge in [0.25, 0.3) is 5.91 Å². The molecule has 1 N–H and O–H groups in total. The van der Waals surface area contributed by atoms with Crippen LogP contribution < -0.4 is 5.32 Å². The second-order valence-corrected chi connectivity index (χ2v) is 6.10. The first-order chi connectivity index (χ1) is 12.1. The molecule has 1 aliphatic heterocycles. The molecule has 1 aliphatic rings. The van der Waals surface area contributed by atoms with E-state index in [9.17, 15) is 14.0 Å². The highest BCUT2D eigenvalue weighted by Gasteiger charge is 2.32. The third-order valence-corrected chi connectivity index (χ3v) is 4.31. The maximum absolute atomic E-state index is 14.0. The number of rotatable bonds is 4. The molecule has 6 heteroatoms. The zero-order valence-electron chi connectivity index (χ0n) is 14.0. The van der Waals surface area contributed by atoms with E-state index in [0.29, 0.717) is 13.1 Å². The van der Waals surface area contributed by atoms with Crippen LogP contribution in [0.3, 0.4) is 0 Å². The Morgan fingerprint density at radius 3 is 2.80 bits per heavy atom. The Morgan fingerprint density at radius 2 is 2.04 bits per heavy atom. The summed E-state index contributed by atoms with van der Waals surface area (Å²) in [4.78, 5) is 30.1. The summed E-state index contributed by atoms with van der Waals surface area (Å²) in [6.07, 6.45) is 1.64. The van der Waals surface area contributed by atoms with Gasteiger partial charge >= 0.3 is 0 Å². The van der Waals surface area contributed by atoms with Crippen molar-refractivity contribution in [3.05, 3.63) is 65.2 Å². The second kappa shape index (κ2) is 7.42. The van der Waals surface area contributed by atoms with Crippen LogP contribution in [-0.4, -0.2) is 28.2 Å². The SMILES string of the molecule is CC(=O)NCc1cccc([C@@H]2CCCN2C(=O)c2ccccc2F)n1. The van der Waals surface area contributed by atoms with E-state index in [4.69, 9.17) is 0 Å². The lowest BCUT2D eigenvalue weighted by molar-refractivity contribution is -0.119. The van der Waals surface area contributed by atoms with Crippen LogP contribution >= 0.6 is 0 Å². The Morgan fingerprint density at radius 1 is 1.24 bits per heavy atom. The Hall–Kier alpha value is -2.76. The number of amides is 2. The van der Waals surface area contributed by atoms with Gasteiger partial charge in [-0.1, -0.05) is 18.2 Å². The second-order valence-electron chi connectivity index (χ2n) is 6.10. The van der Waals surface area contributed by atoms with E-state index in [0.717, 1.165) is 24.2 Å². The van der Waals surface area contributed by atoms with Crippen molar-refractivity contribution in [2.24, 2.45) is 0 Å². The van der Waals surface area contributed by atoms with Crippen molar-refractivity contribution in [2.45, 2.75) is 32.4 Å². The summed E-state index contributed by atoms with van der Waals surface area (Å²) in [5, 5.41) is 2.72. The molecule has 2 heterocycles. The smallest absolute Gasteiger partial charge is 0.257 e. The molecule has 1 atom stereocenters. The van der Waals surface area contributed by atoms with E-state index < -0.39 is 5.82 Å². The molecule has 3 rings (SSSR count). The zero-order chi connectivity index (χ0) is 17.8. The molecule has 1 saturated heterocycles. The number of benzene rings is 1. The highest BCUT2D eigenvalue weighted by molar-refractivity contribution is 5.94. The third kappa shape index (κ3) is 3.84. The summed E-state index contributed by atoms with van der Waals surface area (Å²) in [6, 6.07) is 11.4. The van der Waals surface area contributed by atoms with E-state index in [1.807, 2.05) is 18.2 Å². The average Bonchev–Trinajstić information content (AvgIpc) is 3.10. The van der Waals surface area contributed by atoms with Crippen LogP contribution in [0, 0.1) is 5.82 Å². The maximum Gasteiger partial charge on any atom is 0.257 e. The van der Waals surface area contributed by atoms with Gasteiger partial charge in [-0.25, -0.2) is 4.39 Å². The lowest BCUT2D eigenvalue weighted by Gasteiger charge is -2.25. The van der Waals surface area contributed by atoms with Crippen LogP contribution in [0.15, 0.2) is 42.5 Å². The first-order valence-corrected chi connectivity index (χ1v) is 8.32. The Balaban J connectivity index is 1.82. The van der Waals surface area contributed by atoms with E-state index in [-0.39, 0.29) is 23.4 Å². The Bertz CT molecular complexity index is 794. The van der Waals surface area contributed by atoms with Gasteiger partial charge in [0, 0.05) is 13.5 Å². The first-order valence-electron chi connectivity index (χ1n) is 8.32. The molecule has 1 aromatic heterocycles. The van der Waals surface area contributed by atoms with Crippen LogP contribution in [0.5, 0.6) is 0 Å². The topological polar surface area (TPSA) is 62.3 Å². The fourth-order valence-corrected chi connectivity index (χ4v) is 3.10. The largest absolute Gasteiger partial charge is 0.351 e. The molecule has 0 aliphatic carbocycles. The summed E-state index contributed by atoms with van der Waals surface area (Å²) in [7, 11) is 0. The minimum absolute atomic E-state index is 0.0869. The zero-order valence-corrected chi connectivity index (χ0v) is 14.0. The number of pyridine rings is 1. The van der Waals surface area contributed by atoms with Gasteiger partial charge in [-0.05, 0) is 37.1 Å². The van der Waals surface area contributed by atoms with Crippen molar-refractivity contribution in [3.63, 3.8) is 0 Å². The van der Waals surface area contributed by atoms with Gasteiger partial charge in [0.2, 0.25) is 5.91 Å². The number of carbonyl (C=O) groups excluding carboxylic acids is 2. The molecule has 0 unspecified atom stereocenters. The van der Waals surface area contributed by atoms with Crippen molar-refractivity contribution < 1.29 is 14.0 Å². The molecule has 25 heavy (non-hydrogen) atoms. The minimum Gasteiger partial charge on any atom is -0.351 e. The summed E-state index contributed by atoms with van der Waals surface area (Å²) in [5.41, 5.74) is 1.59. The highest BCUT2D eigenvalue weighted by atomic mass is 19.1. The van der Waals surface area contributed by atoms with Gasteiger partial charge in [-0.2, -0.15) is 0 Å². The molecule has 1 aromatic carbocycles. The predicted octanol–water partition coefficient (Wildman–Crippen LogP) is 2.83. The van der Waals surface area contributed by atoms with Gasteiger partial charge in [-0.15, -0.1) is 0 Å². The molecular formula is C19H20FN3O2. The quantitative estimate of drug-likeness (QED) is 0.930. The highest BCUT2D eigenvalue weighted by Crippen LogP contribution is 2.32. The molecule has 5 nitrogen and oxygen atoms in total. The van der Waals surface area contributed by atoms with Crippen LogP contribution in [0.4, 0.5) is 4.39 Å². The van der Waals surface area contributed by atoms with Gasteiger partial charge in [-0.3, -0.25) is 14.6 Å².